The van der Waals surface area contributed by atoms with Gasteiger partial charge in [0.05, 0.1) is 12.3 Å². The molecule has 1 heterocycles. The normalized spacial score (nSPS) is 11.2. The lowest BCUT2D eigenvalue weighted by Crippen LogP contribution is -2.19. The molecule has 25 heavy (non-hydrogen) atoms. The second-order valence-corrected chi connectivity index (χ2v) is 5.81. The lowest BCUT2D eigenvalue weighted by molar-refractivity contribution is 0.0955. The van der Waals surface area contributed by atoms with E-state index in [9.17, 15) is 4.79 Å². The summed E-state index contributed by atoms with van der Waals surface area (Å²) < 4.78 is 5.68. The molecule has 1 N–H and O–H groups in total. The summed E-state index contributed by atoms with van der Waals surface area (Å²) in [5, 5.41) is 4.12. The molecule has 132 valence electrons. The van der Waals surface area contributed by atoms with Gasteiger partial charge in [-0.25, -0.2) is 5.43 Å². The molecule has 2 rings (SSSR count). The number of hydrogen-bond acceptors (Lipinski definition) is 4. The quantitative estimate of drug-likeness (QED) is 0.423. The number of benzene rings is 1. The number of ether oxygens (including phenoxy) is 1. The third-order valence-electron chi connectivity index (χ3n) is 3.79. The zero-order chi connectivity index (χ0) is 17.9. The molecule has 1 aromatic heterocycles. The fourth-order valence-electron chi connectivity index (χ4n) is 2.26. The number of rotatable bonds is 9. The summed E-state index contributed by atoms with van der Waals surface area (Å²) in [6, 6.07) is 10.8. The molecule has 2 aromatic rings. The van der Waals surface area contributed by atoms with Crippen molar-refractivity contribution in [2.45, 2.75) is 39.5 Å². The SMILES string of the molecule is CCCCCCOc1ccc(C(=O)N/N=C(/C)c2cccnc2)cc1. The molecule has 0 radical (unpaired) electrons. The van der Waals surface area contributed by atoms with Crippen molar-refractivity contribution in [1.29, 1.82) is 0 Å². The van der Waals surface area contributed by atoms with Crippen LogP contribution in [0.5, 0.6) is 5.75 Å². The van der Waals surface area contributed by atoms with Gasteiger partial charge in [0, 0.05) is 23.5 Å². The summed E-state index contributed by atoms with van der Waals surface area (Å²) in [6.07, 6.45) is 8.10. The van der Waals surface area contributed by atoms with E-state index in [-0.39, 0.29) is 5.91 Å². The van der Waals surface area contributed by atoms with Gasteiger partial charge in [0.15, 0.2) is 0 Å². The third kappa shape index (κ3) is 6.37. The van der Waals surface area contributed by atoms with Crippen molar-refractivity contribution in [3.63, 3.8) is 0 Å². The van der Waals surface area contributed by atoms with Crippen molar-refractivity contribution in [3.8, 4) is 5.75 Å². The van der Waals surface area contributed by atoms with Gasteiger partial charge in [-0.1, -0.05) is 32.3 Å². The van der Waals surface area contributed by atoms with Crippen molar-refractivity contribution in [2.24, 2.45) is 5.10 Å². The van der Waals surface area contributed by atoms with Crippen LogP contribution in [0.4, 0.5) is 0 Å². The molecule has 0 spiro atoms. The highest BCUT2D eigenvalue weighted by molar-refractivity contribution is 6.00. The van der Waals surface area contributed by atoms with Gasteiger partial charge < -0.3 is 4.74 Å². The Kier molecular flexibility index (Phi) is 7.63. The van der Waals surface area contributed by atoms with Crippen LogP contribution < -0.4 is 10.2 Å². The molecular weight excluding hydrogens is 314 g/mol. The Bertz CT molecular complexity index is 682. The van der Waals surface area contributed by atoms with Crippen LogP contribution in [-0.2, 0) is 0 Å². The number of unbranched alkanes of at least 4 members (excludes halogenated alkanes) is 3. The number of carbonyl (C=O) groups excluding carboxylic acids is 1. The average molecular weight is 339 g/mol. The van der Waals surface area contributed by atoms with Crippen LogP contribution in [-0.4, -0.2) is 23.2 Å². The van der Waals surface area contributed by atoms with E-state index in [1.54, 1.807) is 24.5 Å². The molecular formula is C20H25N3O2. The number of hydrogen-bond donors (Lipinski definition) is 1. The van der Waals surface area contributed by atoms with Crippen LogP contribution in [0.2, 0.25) is 0 Å². The minimum atomic E-state index is -0.252. The third-order valence-corrected chi connectivity index (χ3v) is 3.79. The van der Waals surface area contributed by atoms with Gasteiger partial charge in [0.25, 0.3) is 5.91 Å². The Balaban J connectivity index is 1.83. The molecule has 0 fully saturated rings. The largest absolute Gasteiger partial charge is 0.494 e. The number of hydrazone groups is 1. The molecule has 5 nitrogen and oxygen atoms in total. The molecule has 0 aliphatic rings. The maximum Gasteiger partial charge on any atom is 0.271 e. The molecule has 0 aliphatic carbocycles. The van der Waals surface area contributed by atoms with E-state index in [2.05, 4.69) is 22.4 Å². The summed E-state index contributed by atoms with van der Waals surface area (Å²) in [7, 11) is 0. The number of nitrogens with zero attached hydrogens (tertiary/aromatic N) is 2. The minimum absolute atomic E-state index is 0.252. The van der Waals surface area contributed by atoms with Crippen molar-refractivity contribution >= 4 is 11.6 Å². The zero-order valence-corrected chi connectivity index (χ0v) is 14.9. The molecule has 0 unspecified atom stereocenters. The molecule has 0 saturated carbocycles. The number of pyridine rings is 1. The van der Waals surface area contributed by atoms with E-state index in [0.717, 1.165) is 17.7 Å². The van der Waals surface area contributed by atoms with Gasteiger partial charge in [-0.15, -0.1) is 0 Å². The molecule has 1 aromatic carbocycles. The minimum Gasteiger partial charge on any atom is -0.494 e. The standard InChI is InChI=1S/C20H25N3O2/c1-3-4-5-6-14-25-19-11-9-17(10-12-19)20(24)23-22-16(2)18-8-7-13-21-15-18/h7-13,15H,3-6,14H2,1-2H3,(H,23,24)/b22-16-. The van der Waals surface area contributed by atoms with Gasteiger partial charge in [0.1, 0.15) is 5.75 Å². The Labute approximate surface area is 149 Å². The first-order chi connectivity index (χ1) is 12.2. The predicted molar refractivity (Wildman–Crippen MR) is 100.0 cm³/mol. The smallest absolute Gasteiger partial charge is 0.271 e. The van der Waals surface area contributed by atoms with E-state index >= 15 is 0 Å². The van der Waals surface area contributed by atoms with Crippen LogP contribution >= 0.6 is 0 Å². The van der Waals surface area contributed by atoms with E-state index < -0.39 is 0 Å². The van der Waals surface area contributed by atoms with Crippen LogP contribution in [0.3, 0.4) is 0 Å². The molecule has 1 amide bonds. The van der Waals surface area contributed by atoms with Gasteiger partial charge in [-0.2, -0.15) is 5.10 Å². The highest BCUT2D eigenvalue weighted by Gasteiger charge is 2.05. The number of aromatic nitrogens is 1. The predicted octanol–water partition coefficient (Wildman–Crippen LogP) is 4.19. The summed E-state index contributed by atoms with van der Waals surface area (Å²) >= 11 is 0. The van der Waals surface area contributed by atoms with E-state index in [1.165, 1.54) is 19.3 Å². The Morgan fingerprint density at radius 2 is 1.92 bits per heavy atom. The second kappa shape index (κ2) is 10.2. The zero-order valence-electron chi connectivity index (χ0n) is 14.9. The highest BCUT2D eigenvalue weighted by atomic mass is 16.5. The van der Waals surface area contributed by atoms with Gasteiger partial charge in [-0.05, 0) is 43.7 Å². The van der Waals surface area contributed by atoms with Gasteiger partial charge >= 0.3 is 0 Å². The van der Waals surface area contributed by atoms with Gasteiger partial charge in [-0.3, -0.25) is 9.78 Å². The summed E-state index contributed by atoms with van der Waals surface area (Å²) in [4.78, 5) is 16.2. The van der Waals surface area contributed by atoms with Crippen LogP contribution in [0.15, 0.2) is 53.9 Å². The first kappa shape index (κ1) is 18.6. The summed E-state index contributed by atoms with van der Waals surface area (Å²) in [5.74, 6) is 0.529. The highest BCUT2D eigenvalue weighted by Crippen LogP contribution is 2.13. The lowest BCUT2D eigenvalue weighted by atomic mass is 10.2. The van der Waals surface area contributed by atoms with Crippen LogP contribution in [0.25, 0.3) is 0 Å². The maximum atomic E-state index is 12.1. The molecule has 5 heteroatoms. The number of carbonyl (C=O) groups is 1. The molecule has 0 saturated heterocycles. The number of nitrogens with one attached hydrogen (secondary N) is 1. The Morgan fingerprint density at radius 3 is 2.60 bits per heavy atom. The van der Waals surface area contributed by atoms with E-state index in [4.69, 9.17) is 4.74 Å². The fraction of sp³-hybridized carbons (Fsp3) is 0.350. The molecule has 0 atom stereocenters. The maximum absolute atomic E-state index is 12.1. The Hall–Kier alpha value is -2.69. The van der Waals surface area contributed by atoms with Crippen molar-refractivity contribution in [3.05, 3.63) is 59.9 Å². The second-order valence-electron chi connectivity index (χ2n) is 5.81. The van der Waals surface area contributed by atoms with Crippen molar-refractivity contribution in [2.75, 3.05) is 6.61 Å². The van der Waals surface area contributed by atoms with Crippen molar-refractivity contribution < 1.29 is 9.53 Å². The van der Waals surface area contributed by atoms with Crippen LogP contribution in [0, 0.1) is 0 Å². The molecule has 0 aliphatic heterocycles. The summed E-state index contributed by atoms with van der Waals surface area (Å²) in [6.45, 7) is 4.72. The number of amides is 1. The van der Waals surface area contributed by atoms with Crippen molar-refractivity contribution in [1.82, 2.24) is 10.4 Å². The Morgan fingerprint density at radius 1 is 1.12 bits per heavy atom. The molecule has 0 bridgehead atoms. The van der Waals surface area contributed by atoms with E-state index in [0.29, 0.717) is 17.9 Å². The van der Waals surface area contributed by atoms with Gasteiger partial charge in [0.2, 0.25) is 0 Å². The van der Waals surface area contributed by atoms with E-state index in [1.807, 2.05) is 31.2 Å². The summed E-state index contributed by atoms with van der Waals surface area (Å²) in [5.41, 5.74) is 4.68. The average Bonchev–Trinajstić information content (AvgIpc) is 2.67. The first-order valence-corrected chi connectivity index (χ1v) is 8.68. The lowest BCUT2D eigenvalue weighted by Gasteiger charge is -2.07. The topological polar surface area (TPSA) is 63.6 Å². The monoisotopic (exact) mass is 339 g/mol. The first-order valence-electron chi connectivity index (χ1n) is 8.68. The fourth-order valence-corrected chi connectivity index (χ4v) is 2.26. The van der Waals surface area contributed by atoms with Crippen LogP contribution in [0.1, 0.15) is 55.5 Å².